The average Bonchev–Trinajstić information content (AvgIpc) is 3.26. The lowest BCUT2D eigenvalue weighted by Crippen LogP contribution is -2.49. The summed E-state index contributed by atoms with van der Waals surface area (Å²) in [5, 5.41) is 7.25. The second-order valence-electron chi connectivity index (χ2n) is 7.69. The van der Waals surface area contributed by atoms with Crippen molar-refractivity contribution in [2.75, 3.05) is 37.7 Å². The maximum atomic E-state index is 13.0. The van der Waals surface area contributed by atoms with Gasteiger partial charge in [0.15, 0.2) is 0 Å². The van der Waals surface area contributed by atoms with Gasteiger partial charge < -0.3 is 14.5 Å². The van der Waals surface area contributed by atoms with E-state index in [2.05, 4.69) is 47.1 Å². The molecule has 4 rings (SSSR count). The van der Waals surface area contributed by atoms with E-state index < -0.39 is 0 Å². The Balaban J connectivity index is 1.40. The van der Waals surface area contributed by atoms with Crippen molar-refractivity contribution in [3.63, 3.8) is 0 Å². The minimum atomic E-state index is 0.000278. The van der Waals surface area contributed by atoms with Gasteiger partial charge in [-0.3, -0.25) is 9.89 Å². The molecule has 1 aliphatic rings. The minimum Gasteiger partial charge on any atom is -0.494 e. The summed E-state index contributed by atoms with van der Waals surface area (Å²) in [5.74, 6) is 0.829. The number of nitrogens with one attached hydrogen (secondary N) is 1. The molecule has 2 aromatic carbocycles. The van der Waals surface area contributed by atoms with Crippen LogP contribution < -0.4 is 9.64 Å². The molecule has 156 valence electrons. The van der Waals surface area contributed by atoms with E-state index >= 15 is 0 Å². The molecule has 0 bridgehead atoms. The van der Waals surface area contributed by atoms with Crippen LogP contribution in [-0.4, -0.2) is 53.8 Å². The van der Waals surface area contributed by atoms with Crippen molar-refractivity contribution in [1.29, 1.82) is 0 Å². The van der Waals surface area contributed by atoms with E-state index in [0.717, 1.165) is 30.1 Å². The number of ether oxygens (including phenoxy) is 1. The number of hydrogen-bond acceptors (Lipinski definition) is 4. The summed E-state index contributed by atoms with van der Waals surface area (Å²) >= 11 is 0. The second-order valence-corrected chi connectivity index (χ2v) is 7.69. The lowest BCUT2D eigenvalue weighted by atomic mass is 10.1. The second kappa shape index (κ2) is 8.61. The maximum Gasteiger partial charge on any atom is 0.272 e. The Morgan fingerprint density at radius 3 is 2.47 bits per heavy atom. The van der Waals surface area contributed by atoms with Gasteiger partial charge in [0, 0.05) is 37.4 Å². The number of rotatable bonds is 5. The summed E-state index contributed by atoms with van der Waals surface area (Å²) < 4.78 is 5.48. The van der Waals surface area contributed by atoms with E-state index in [1.165, 1.54) is 16.8 Å². The number of aryl methyl sites for hydroxylation is 2. The molecule has 1 saturated heterocycles. The van der Waals surface area contributed by atoms with E-state index in [1.807, 2.05) is 42.2 Å². The fraction of sp³-hybridized carbons (Fsp3) is 0.333. The Morgan fingerprint density at radius 1 is 1.03 bits per heavy atom. The molecule has 1 fully saturated rings. The first-order chi connectivity index (χ1) is 14.5. The number of anilines is 1. The van der Waals surface area contributed by atoms with Crippen LogP contribution in [0.5, 0.6) is 5.75 Å². The summed E-state index contributed by atoms with van der Waals surface area (Å²) in [7, 11) is 0. The molecule has 2 heterocycles. The molecule has 1 amide bonds. The molecular formula is C24H28N4O2. The van der Waals surface area contributed by atoms with Crippen LogP contribution in [0.4, 0.5) is 5.69 Å². The fourth-order valence-corrected chi connectivity index (χ4v) is 3.85. The van der Waals surface area contributed by atoms with Crippen molar-refractivity contribution in [2.45, 2.75) is 20.8 Å². The zero-order chi connectivity index (χ0) is 21.1. The molecule has 1 aromatic heterocycles. The van der Waals surface area contributed by atoms with Crippen LogP contribution in [0.2, 0.25) is 0 Å². The smallest absolute Gasteiger partial charge is 0.272 e. The predicted octanol–water partition coefficient (Wildman–Crippen LogP) is 4.05. The highest BCUT2D eigenvalue weighted by molar-refractivity contribution is 5.93. The van der Waals surface area contributed by atoms with Crippen molar-refractivity contribution in [1.82, 2.24) is 15.1 Å². The molecule has 0 atom stereocenters. The third kappa shape index (κ3) is 4.17. The van der Waals surface area contributed by atoms with Crippen LogP contribution in [0.3, 0.4) is 0 Å². The fourth-order valence-electron chi connectivity index (χ4n) is 3.85. The molecule has 0 unspecified atom stereocenters. The summed E-state index contributed by atoms with van der Waals surface area (Å²) in [5.41, 5.74) is 6.03. The van der Waals surface area contributed by atoms with E-state index in [9.17, 15) is 4.79 Å². The first-order valence-electron chi connectivity index (χ1n) is 10.5. The van der Waals surface area contributed by atoms with Gasteiger partial charge in [0.25, 0.3) is 5.91 Å². The number of piperazine rings is 1. The number of benzene rings is 2. The number of aromatic nitrogens is 2. The molecule has 0 aliphatic carbocycles. The predicted molar refractivity (Wildman–Crippen MR) is 119 cm³/mol. The molecule has 6 heteroatoms. The van der Waals surface area contributed by atoms with Crippen molar-refractivity contribution in [3.05, 3.63) is 65.4 Å². The highest BCUT2D eigenvalue weighted by atomic mass is 16.5. The van der Waals surface area contributed by atoms with Gasteiger partial charge in [-0.15, -0.1) is 0 Å². The Labute approximate surface area is 177 Å². The maximum absolute atomic E-state index is 13.0. The van der Waals surface area contributed by atoms with E-state index in [0.29, 0.717) is 25.4 Å². The minimum absolute atomic E-state index is 0.000278. The number of amides is 1. The molecule has 1 aliphatic heterocycles. The molecule has 0 spiro atoms. The van der Waals surface area contributed by atoms with Crippen molar-refractivity contribution in [2.24, 2.45) is 0 Å². The quantitative estimate of drug-likeness (QED) is 0.697. The van der Waals surface area contributed by atoms with Crippen molar-refractivity contribution >= 4 is 11.6 Å². The van der Waals surface area contributed by atoms with Gasteiger partial charge in [0.05, 0.1) is 12.3 Å². The van der Waals surface area contributed by atoms with Crippen LogP contribution in [0.25, 0.3) is 11.3 Å². The highest BCUT2D eigenvalue weighted by Gasteiger charge is 2.24. The Kier molecular flexibility index (Phi) is 5.74. The first-order valence-corrected chi connectivity index (χ1v) is 10.5. The number of carbonyl (C=O) groups excluding carboxylic acids is 1. The van der Waals surface area contributed by atoms with Crippen LogP contribution in [0, 0.1) is 13.8 Å². The van der Waals surface area contributed by atoms with Crippen LogP contribution >= 0.6 is 0 Å². The normalized spacial score (nSPS) is 14.1. The van der Waals surface area contributed by atoms with E-state index in [-0.39, 0.29) is 5.91 Å². The SMILES string of the molecule is CCOc1ccc(-c2cc(C(=O)N3CCN(c4cc(C)ccc4C)CC3)[nH]n2)cc1. The van der Waals surface area contributed by atoms with Crippen molar-refractivity contribution in [3.8, 4) is 17.0 Å². The van der Waals surface area contributed by atoms with Crippen LogP contribution in [-0.2, 0) is 0 Å². The third-order valence-electron chi connectivity index (χ3n) is 5.54. The van der Waals surface area contributed by atoms with Crippen LogP contribution in [0.1, 0.15) is 28.5 Å². The topological polar surface area (TPSA) is 61.5 Å². The van der Waals surface area contributed by atoms with Gasteiger partial charge >= 0.3 is 0 Å². The largest absolute Gasteiger partial charge is 0.494 e. The Hall–Kier alpha value is -3.28. The number of nitrogens with zero attached hydrogens (tertiary/aromatic N) is 3. The summed E-state index contributed by atoms with van der Waals surface area (Å²) in [6.45, 7) is 9.90. The van der Waals surface area contributed by atoms with Gasteiger partial charge in [-0.25, -0.2) is 0 Å². The molecule has 1 N–H and O–H groups in total. The molecule has 6 nitrogen and oxygen atoms in total. The lowest BCUT2D eigenvalue weighted by Gasteiger charge is -2.36. The van der Waals surface area contributed by atoms with E-state index in [1.54, 1.807) is 0 Å². The van der Waals surface area contributed by atoms with E-state index in [4.69, 9.17) is 4.74 Å². The van der Waals surface area contributed by atoms with Crippen molar-refractivity contribution < 1.29 is 9.53 Å². The zero-order valence-corrected chi connectivity index (χ0v) is 17.8. The van der Waals surface area contributed by atoms with Crippen LogP contribution in [0.15, 0.2) is 48.5 Å². The van der Waals surface area contributed by atoms with Gasteiger partial charge in [-0.1, -0.05) is 12.1 Å². The standard InChI is InChI=1S/C24H28N4O2/c1-4-30-20-9-7-19(8-10-20)21-16-22(26-25-21)24(29)28-13-11-27(12-14-28)23-15-17(2)5-6-18(23)3/h5-10,15-16H,4,11-14H2,1-3H3,(H,25,26). The molecule has 3 aromatic rings. The molecule has 0 saturated carbocycles. The molecule has 30 heavy (non-hydrogen) atoms. The number of hydrogen-bond donors (Lipinski definition) is 1. The number of H-pyrrole nitrogens is 1. The Bertz CT molecular complexity index is 1020. The highest BCUT2D eigenvalue weighted by Crippen LogP contribution is 2.24. The third-order valence-corrected chi connectivity index (χ3v) is 5.54. The van der Waals surface area contributed by atoms with Gasteiger partial charge in [0.2, 0.25) is 0 Å². The van der Waals surface area contributed by atoms with Gasteiger partial charge in [-0.2, -0.15) is 5.10 Å². The molecular weight excluding hydrogens is 376 g/mol. The number of carbonyl (C=O) groups is 1. The lowest BCUT2D eigenvalue weighted by molar-refractivity contribution is 0.0741. The zero-order valence-electron chi connectivity index (χ0n) is 17.8. The number of aromatic amines is 1. The monoisotopic (exact) mass is 404 g/mol. The van der Waals surface area contributed by atoms with Gasteiger partial charge in [-0.05, 0) is 68.3 Å². The summed E-state index contributed by atoms with van der Waals surface area (Å²) in [6.07, 6.45) is 0. The van der Waals surface area contributed by atoms with Gasteiger partial charge in [0.1, 0.15) is 11.4 Å². The average molecular weight is 405 g/mol. The Morgan fingerprint density at radius 2 is 1.77 bits per heavy atom. The first kappa shape index (κ1) is 20.0. The summed E-state index contributed by atoms with van der Waals surface area (Å²) in [4.78, 5) is 17.2. The summed E-state index contributed by atoms with van der Waals surface area (Å²) in [6, 6.07) is 16.1. The molecule has 0 radical (unpaired) electrons.